The minimum absolute atomic E-state index is 0.253. The number of nitrogens with one attached hydrogen (secondary N) is 1. The normalized spacial score (nSPS) is 16.3. The molecule has 1 heterocycles. The van der Waals surface area contributed by atoms with Gasteiger partial charge in [-0.15, -0.1) is 0 Å². The van der Waals surface area contributed by atoms with Gasteiger partial charge in [-0.25, -0.2) is 9.10 Å². The SMILES string of the molecule is CC(C)(C)C(CCCN1c2cc(Br)ccc2N(c2ccccc2)S1(=O)=O)NC(=O)O. The number of nitrogens with zero attached hydrogens (tertiary/aromatic N) is 2. The summed E-state index contributed by atoms with van der Waals surface area (Å²) in [6, 6.07) is 14.1. The number of fused-ring (bicyclic) bond motifs is 1. The Balaban J connectivity index is 1.88. The van der Waals surface area contributed by atoms with Gasteiger partial charge in [-0.2, -0.15) is 8.42 Å². The predicted octanol–water partition coefficient (Wildman–Crippen LogP) is 5.11. The Kier molecular flexibility index (Phi) is 6.33. The van der Waals surface area contributed by atoms with Gasteiger partial charge in [0.2, 0.25) is 0 Å². The Labute approximate surface area is 186 Å². The van der Waals surface area contributed by atoms with Crippen molar-refractivity contribution in [1.29, 1.82) is 0 Å². The van der Waals surface area contributed by atoms with E-state index in [0.717, 1.165) is 4.47 Å². The van der Waals surface area contributed by atoms with Crippen molar-refractivity contribution in [3.05, 3.63) is 53.0 Å². The van der Waals surface area contributed by atoms with Crippen LogP contribution in [0.2, 0.25) is 0 Å². The smallest absolute Gasteiger partial charge is 0.404 e. The lowest BCUT2D eigenvalue weighted by Gasteiger charge is -2.31. The van der Waals surface area contributed by atoms with Gasteiger partial charge >= 0.3 is 16.3 Å². The highest BCUT2D eigenvalue weighted by Crippen LogP contribution is 2.46. The Morgan fingerprint density at radius 3 is 2.40 bits per heavy atom. The average molecular weight is 496 g/mol. The topological polar surface area (TPSA) is 90.0 Å². The molecule has 2 aromatic carbocycles. The average Bonchev–Trinajstić information content (AvgIpc) is 2.86. The van der Waals surface area contributed by atoms with E-state index in [1.165, 1.54) is 8.61 Å². The summed E-state index contributed by atoms with van der Waals surface area (Å²) in [5, 5.41) is 11.7. The van der Waals surface area contributed by atoms with Crippen LogP contribution in [0, 0.1) is 5.41 Å². The van der Waals surface area contributed by atoms with Crippen molar-refractivity contribution in [2.24, 2.45) is 5.41 Å². The Bertz CT molecular complexity index is 1020. The highest BCUT2D eigenvalue weighted by atomic mass is 79.9. The van der Waals surface area contributed by atoms with E-state index in [1.807, 2.05) is 32.9 Å². The number of halogens is 1. The first-order valence-electron chi connectivity index (χ1n) is 9.69. The molecule has 0 spiro atoms. The number of hydrogen-bond acceptors (Lipinski definition) is 3. The first kappa shape index (κ1) is 22.4. The highest BCUT2D eigenvalue weighted by Gasteiger charge is 2.41. The van der Waals surface area contributed by atoms with E-state index in [0.29, 0.717) is 29.9 Å². The lowest BCUT2D eigenvalue weighted by Crippen LogP contribution is -2.44. The van der Waals surface area contributed by atoms with Crippen LogP contribution < -0.4 is 13.9 Å². The summed E-state index contributed by atoms with van der Waals surface area (Å²) in [7, 11) is -3.80. The maximum Gasteiger partial charge on any atom is 0.404 e. The summed E-state index contributed by atoms with van der Waals surface area (Å²) in [5.74, 6) is 0. The monoisotopic (exact) mass is 495 g/mol. The van der Waals surface area contributed by atoms with Crippen molar-refractivity contribution in [3.8, 4) is 0 Å². The van der Waals surface area contributed by atoms with Gasteiger partial charge in [0.25, 0.3) is 0 Å². The number of anilines is 3. The molecule has 0 aromatic heterocycles. The molecule has 2 N–H and O–H groups in total. The van der Waals surface area contributed by atoms with Crippen molar-refractivity contribution in [3.63, 3.8) is 0 Å². The lowest BCUT2D eigenvalue weighted by molar-refractivity contribution is 0.171. The molecule has 0 radical (unpaired) electrons. The number of rotatable bonds is 6. The zero-order chi connectivity index (χ0) is 22.1. The van der Waals surface area contributed by atoms with Crippen LogP contribution in [0.1, 0.15) is 33.6 Å². The number of para-hydroxylation sites is 1. The molecule has 0 saturated carbocycles. The second-order valence-corrected chi connectivity index (χ2v) is 10.9. The van der Waals surface area contributed by atoms with E-state index < -0.39 is 16.3 Å². The van der Waals surface area contributed by atoms with Crippen LogP contribution in [0.15, 0.2) is 53.0 Å². The van der Waals surface area contributed by atoms with E-state index in [1.54, 1.807) is 36.4 Å². The van der Waals surface area contributed by atoms with Gasteiger partial charge in [0.15, 0.2) is 0 Å². The number of amides is 1. The molecule has 9 heteroatoms. The minimum atomic E-state index is -3.80. The second-order valence-electron chi connectivity index (χ2n) is 8.32. The van der Waals surface area contributed by atoms with Gasteiger partial charge in [-0.3, -0.25) is 4.31 Å². The third kappa shape index (κ3) is 4.57. The van der Waals surface area contributed by atoms with Gasteiger partial charge in [0, 0.05) is 17.1 Å². The van der Waals surface area contributed by atoms with Crippen molar-refractivity contribution >= 4 is 49.3 Å². The molecule has 3 rings (SSSR count). The zero-order valence-corrected chi connectivity index (χ0v) is 19.6. The molecular formula is C21H26BrN3O4S. The van der Waals surface area contributed by atoms with Crippen LogP contribution in [-0.4, -0.2) is 32.2 Å². The highest BCUT2D eigenvalue weighted by molar-refractivity contribution is 9.10. The first-order chi connectivity index (χ1) is 14.0. The summed E-state index contributed by atoms with van der Waals surface area (Å²) in [4.78, 5) is 11.2. The van der Waals surface area contributed by atoms with Crippen LogP contribution >= 0.6 is 15.9 Å². The Morgan fingerprint density at radius 2 is 1.80 bits per heavy atom. The molecule has 0 fully saturated rings. The molecule has 2 aromatic rings. The van der Waals surface area contributed by atoms with Crippen LogP contribution in [0.25, 0.3) is 0 Å². The van der Waals surface area contributed by atoms with Gasteiger partial charge in [-0.1, -0.05) is 54.9 Å². The quantitative estimate of drug-likeness (QED) is 0.582. The summed E-state index contributed by atoms with van der Waals surface area (Å²) in [6.07, 6.45) is -0.0414. The third-order valence-corrected chi connectivity index (χ3v) is 7.42. The minimum Gasteiger partial charge on any atom is -0.465 e. The predicted molar refractivity (Wildman–Crippen MR) is 123 cm³/mol. The molecule has 1 aliphatic rings. The maximum atomic E-state index is 13.4. The molecule has 0 saturated heterocycles. The molecule has 30 heavy (non-hydrogen) atoms. The second kappa shape index (κ2) is 8.47. The van der Waals surface area contributed by atoms with Crippen LogP contribution in [0.4, 0.5) is 21.9 Å². The standard InChI is InChI=1S/C21H26BrN3O4S/c1-21(2,3)19(23-20(26)27)10-7-13-24-18-14-15(22)11-12-17(18)25(30(24,28)29)16-8-5-4-6-9-16/h4-6,8-9,11-12,14,19,23H,7,10,13H2,1-3H3,(H,26,27). The van der Waals surface area contributed by atoms with Crippen LogP contribution in [0.5, 0.6) is 0 Å². The molecule has 0 bridgehead atoms. The third-order valence-electron chi connectivity index (χ3n) is 5.12. The van der Waals surface area contributed by atoms with Crippen molar-refractivity contribution in [1.82, 2.24) is 5.32 Å². The lowest BCUT2D eigenvalue weighted by atomic mass is 9.84. The van der Waals surface area contributed by atoms with E-state index in [9.17, 15) is 13.2 Å². The van der Waals surface area contributed by atoms with Gasteiger partial charge in [0.1, 0.15) is 0 Å². The summed E-state index contributed by atoms with van der Waals surface area (Å²) in [6.45, 7) is 6.14. The maximum absolute atomic E-state index is 13.4. The molecule has 1 atom stereocenters. The fraction of sp³-hybridized carbons (Fsp3) is 0.381. The fourth-order valence-electron chi connectivity index (χ4n) is 3.60. The Hall–Kier alpha value is -2.26. The molecule has 0 aliphatic carbocycles. The van der Waals surface area contributed by atoms with E-state index in [-0.39, 0.29) is 18.0 Å². The van der Waals surface area contributed by atoms with E-state index in [4.69, 9.17) is 5.11 Å². The molecule has 7 nitrogen and oxygen atoms in total. The Morgan fingerprint density at radius 1 is 1.13 bits per heavy atom. The summed E-state index contributed by atoms with van der Waals surface area (Å²) >= 11 is 3.44. The fourth-order valence-corrected chi connectivity index (χ4v) is 5.69. The van der Waals surface area contributed by atoms with Crippen molar-refractivity contribution in [2.75, 3.05) is 15.2 Å². The number of hydrogen-bond donors (Lipinski definition) is 2. The zero-order valence-electron chi connectivity index (χ0n) is 17.2. The summed E-state index contributed by atoms with van der Waals surface area (Å²) < 4.78 is 30.4. The molecule has 1 aliphatic heterocycles. The molecule has 1 unspecified atom stereocenters. The van der Waals surface area contributed by atoms with Gasteiger partial charge in [0.05, 0.1) is 17.1 Å². The van der Waals surface area contributed by atoms with Crippen molar-refractivity contribution < 1.29 is 18.3 Å². The molecular weight excluding hydrogens is 470 g/mol. The molecule has 162 valence electrons. The van der Waals surface area contributed by atoms with E-state index >= 15 is 0 Å². The van der Waals surface area contributed by atoms with Crippen LogP contribution in [0.3, 0.4) is 0 Å². The first-order valence-corrected chi connectivity index (χ1v) is 11.9. The van der Waals surface area contributed by atoms with Crippen molar-refractivity contribution in [2.45, 2.75) is 39.7 Å². The van der Waals surface area contributed by atoms with Gasteiger partial charge in [-0.05, 0) is 48.6 Å². The van der Waals surface area contributed by atoms with Gasteiger partial charge < -0.3 is 10.4 Å². The summed E-state index contributed by atoms with van der Waals surface area (Å²) in [5.41, 5.74) is 1.50. The number of carboxylic acid groups (broad SMARTS) is 1. The largest absolute Gasteiger partial charge is 0.465 e. The van der Waals surface area contributed by atoms with Crippen LogP contribution in [-0.2, 0) is 10.2 Å². The number of benzene rings is 2. The van der Waals surface area contributed by atoms with E-state index in [2.05, 4.69) is 21.2 Å². The molecule has 1 amide bonds. The number of carbonyl (C=O) groups is 1.